The number of hydrogen-bond acceptors (Lipinski definition) is 3. The average molecular weight is 198 g/mol. The fourth-order valence-electron chi connectivity index (χ4n) is 0.380. The van der Waals surface area contributed by atoms with Crippen molar-refractivity contribution in [2.75, 3.05) is 13.2 Å². The topological polar surface area (TPSA) is 68.9 Å². The lowest BCUT2D eigenvalue weighted by Gasteiger charge is -2.01. The molecular formula is C2H9N4OP3. The molecule has 0 amide bonds. The second-order valence-electron chi connectivity index (χ2n) is 1.43. The zero-order chi connectivity index (χ0) is 7.23. The molecule has 8 heteroatoms. The number of rotatable bonds is 3. The molecule has 10 heavy (non-hydrogen) atoms. The van der Waals surface area contributed by atoms with E-state index in [0.717, 1.165) is 8.51 Å². The van der Waals surface area contributed by atoms with Crippen LogP contribution >= 0.6 is 25.5 Å². The molecule has 5 nitrogen and oxygen atoms in total. The Morgan fingerprint density at radius 3 is 3.30 bits per heavy atom. The predicted octanol–water partition coefficient (Wildman–Crippen LogP) is 0.366. The van der Waals surface area contributed by atoms with Crippen LogP contribution in [-0.2, 0) is 0 Å². The van der Waals surface area contributed by atoms with E-state index >= 15 is 0 Å². The van der Waals surface area contributed by atoms with E-state index in [1.807, 2.05) is 0 Å². The van der Waals surface area contributed by atoms with Crippen molar-refractivity contribution in [3.8, 4) is 0 Å². The van der Waals surface area contributed by atoms with Crippen LogP contribution in [0.5, 0.6) is 0 Å². The zero-order valence-corrected chi connectivity index (χ0v) is 8.14. The Balaban J connectivity index is 2.43. The molecule has 1 rings (SSSR count). The molecule has 0 fully saturated rings. The Bertz CT molecular complexity index is 183. The maximum Gasteiger partial charge on any atom is 0.169 e. The van der Waals surface area contributed by atoms with E-state index in [1.54, 1.807) is 4.26 Å². The molecule has 1 heterocycles. The number of aromatic amines is 1. The highest BCUT2D eigenvalue weighted by Crippen LogP contribution is 2.08. The van der Waals surface area contributed by atoms with Gasteiger partial charge < -0.3 is 10.2 Å². The monoisotopic (exact) mass is 198 g/mol. The van der Waals surface area contributed by atoms with Crippen molar-refractivity contribution in [2.24, 2.45) is 5.73 Å². The molecule has 58 valence electrons. The second kappa shape index (κ2) is 4.95. The van der Waals surface area contributed by atoms with E-state index in [2.05, 4.69) is 9.02 Å². The van der Waals surface area contributed by atoms with E-state index in [1.165, 1.54) is 0 Å². The first-order valence-corrected chi connectivity index (χ1v) is 5.42. The third-order valence-corrected chi connectivity index (χ3v) is 3.53. The van der Waals surface area contributed by atoms with Gasteiger partial charge >= 0.3 is 0 Å². The van der Waals surface area contributed by atoms with Gasteiger partial charge in [0.05, 0.1) is 6.61 Å². The Hall–Kier alpha value is 0.220. The Labute approximate surface area is 63.3 Å². The van der Waals surface area contributed by atoms with Gasteiger partial charge in [0.1, 0.15) is 0 Å². The summed E-state index contributed by atoms with van der Waals surface area (Å²) in [5.74, 6) is 0. The lowest BCUT2D eigenvalue weighted by molar-refractivity contribution is 0.164. The molecule has 2 atom stereocenters. The standard InChI is InChI=1S/C2H9N4OP3/c3-1-2-7-6-9-4-8-5-10-6/h4,8-9H,1-3H2. The average Bonchev–Trinajstić information content (AvgIpc) is 2.03. The predicted molar refractivity (Wildman–Crippen MR) is 46.2 cm³/mol. The van der Waals surface area contributed by atoms with Crippen molar-refractivity contribution in [3.63, 3.8) is 0 Å². The summed E-state index contributed by atoms with van der Waals surface area (Å²) < 4.78 is 8.91. The van der Waals surface area contributed by atoms with Crippen LogP contribution in [0.1, 0.15) is 0 Å². The van der Waals surface area contributed by atoms with Crippen molar-refractivity contribution in [2.45, 2.75) is 0 Å². The quantitative estimate of drug-likeness (QED) is 0.736. The van der Waals surface area contributed by atoms with Crippen molar-refractivity contribution in [3.05, 3.63) is 0 Å². The molecule has 1 aromatic heterocycles. The lowest BCUT2D eigenvalue weighted by atomic mass is 10.8. The summed E-state index contributed by atoms with van der Waals surface area (Å²) in [4.78, 5) is 5.19. The van der Waals surface area contributed by atoms with Crippen LogP contribution in [0.4, 0.5) is 0 Å². The molecule has 0 bridgehead atoms. The summed E-state index contributed by atoms with van der Waals surface area (Å²) in [6, 6.07) is 0. The summed E-state index contributed by atoms with van der Waals surface area (Å²) in [5, 5.41) is 0. The third-order valence-electron chi connectivity index (χ3n) is 0.715. The van der Waals surface area contributed by atoms with Gasteiger partial charge in [0.25, 0.3) is 0 Å². The van der Waals surface area contributed by atoms with Crippen molar-refractivity contribution < 1.29 is 4.84 Å². The van der Waals surface area contributed by atoms with Crippen molar-refractivity contribution in [1.29, 1.82) is 0 Å². The van der Waals surface area contributed by atoms with Gasteiger partial charge in [0.2, 0.25) is 0 Å². The number of nitrogens with zero attached hydrogens (tertiary/aromatic N) is 2. The summed E-state index contributed by atoms with van der Waals surface area (Å²) in [6.45, 7) is 1.12. The molecule has 0 aliphatic rings. The molecule has 0 radical (unpaired) electrons. The molecule has 0 aliphatic carbocycles. The SMILES string of the molecule is NCCOn1pn[pH][nH][pH]1. The van der Waals surface area contributed by atoms with Gasteiger partial charge in [0.15, 0.2) is 8.51 Å². The maximum absolute atomic E-state index is 5.24. The third kappa shape index (κ3) is 2.87. The Morgan fingerprint density at radius 2 is 2.70 bits per heavy atom. The molecule has 0 aliphatic heterocycles. The fraction of sp³-hybridized carbons (Fsp3) is 1.00. The second-order valence-corrected chi connectivity index (χ2v) is 5.00. The number of hydrogen-bond donors (Lipinski definition) is 2. The molecule has 0 saturated heterocycles. The first-order chi connectivity index (χ1) is 4.93. The van der Waals surface area contributed by atoms with Crippen LogP contribution in [0.2, 0.25) is 0 Å². The van der Waals surface area contributed by atoms with E-state index < -0.39 is 0 Å². The molecule has 3 N–H and O–H groups in total. The van der Waals surface area contributed by atoms with Gasteiger partial charge in [-0.05, 0) is 0 Å². The lowest BCUT2D eigenvalue weighted by Crippen LogP contribution is -2.16. The van der Waals surface area contributed by atoms with Crippen LogP contribution in [0, 0.1) is 0 Å². The minimum Gasteiger partial charge on any atom is -0.328 e. The first-order valence-electron chi connectivity index (χ1n) is 2.73. The van der Waals surface area contributed by atoms with Crippen molar-refractivity contribution >= 4 is 25.5 Å². The minimum absolute atomic E-state index is 0.514. The van der Waals surface area contributed by atoms with E-state index in [9.17, 15) is 0 Å². The summed E-state index contributed by atoms with van der Waals surface area (Å²) in [6.07, 6.45) is 0. The number of aromatic nitrogens is 3. The number of H-pyrrole nitrogens is 1. The van der Waals surface area contributed by atoms with Gasteiger partial charge in [-0.15, -0.1) is 0 Å². The smallest absolute Gasteiger partial charge is 0.169 e. The largest absolute Gasteiger partial charge is 0.328 e. The van der Waals surface area contributed by atoms with E-state index in [0.29, 0.717) is 30.2 Å². The van der Waals surface area contributed by atoms with Crippen LogP contribution in [0.25, 0.3) is 0 Å². The molecule has 0 aromatic carbocycles. The number of nitrogens with two attached hydrogens (primary N) is 1. The summed E-state index contributed by atoms with van der Waals surface area (Å²) >= 11 is 0. The highest BCUT2D eigenvalue weighted by molar-refractivity contribution is 7.44. The Kier molecular flexibility index (Phi) is 4.12. The van der Waals surface area contributed by atoms with Gasteiger partial charge in [-0.1, -0.05) is 0 Å². The van der Waals surface area contributed by atoms with Crippen molar-refractivity contribution in [1.82, 2.24) is 13.3 Å². The highest BCUT2D eigenvalue weighted by Gasteiger charge is 1.84. The van der Waals surface area contributed by atoms with Crippen LogP contribution in [-0.4, -0.2) is 26.4 Å². The van der Waals surface area contributed by atoms with E-state index in [4.69, 9.17) is 10.6 Å². The number of nitrogens with one attached hydrogen (secondary N) is 1. The van der Waals surface area contributed by atoms with Crippen LogP contribution < -0.4 is 10.6 Å². The molecule has 2 unspecified atom stereocenters. The Morgan fingerprint density at radius 1 is 1.80 bits per heavy atom. The summed E-state index contributed by atoms with van der Waals surface area (Å²) in [7, 11) is 1.92. The van der Waals surface area contributed by atoms with Gasteiger partial charge in [-0.3, -0.25) is 4.84 Å². The summed E-state index contributed by atoms with van der Waals surface area (Å²) in [5.41, 5.74) is 5.24. The zero-order valence-electron chi connectivity index (χ0n) is 5.24. The van der Waals surface area contributed by atoms with E-state index in [-0.39, 0.29) is 0 Å². The van der Waals surface area contributed by atoms with Gasteiger partial charge in [-0.25, -0.2) is 0 Å². The van der Waals surface area contributed by atoms with Gasteiger partial charge in [0, 0.05) is 23.6 Å². The minimum atomic E-state index is 0.514. The molecular weight excluding hydrogens is 189 g/mol. The van der Waals surface area contributed by atoms with Crippen LogP contribution in [0.3, 0.4) is 0 Å². The molecule has 0 saturated carbocycles. The molecule has 0 spiro atoms. The maximum atomic E-state index is 5.24. The molecule has 1 aromatic rings. The van der Waals surface area contributed by atoms with Crippen LogP contribution in [0.15, 0.2) is 0 Å². The normalized spacial score (nSPS) is 12.1. The first kappa shape index (κ1) is 8.32. The fourth-order valence-corrected chi connectivity index (χ4v) is 3.44. The van der Waals surface area contributed by atoms with Gasteiger partial charge in [-0.2, -0.15) is 8.76 Å². The highest BCUT2D eigenvalue weighted by atomic mass is 31.1.